The van der Waals surface area contributed by atoms with Crippen LogP contribution in [0, 0.1) is 0 Å². The van der Waals surface area contributed by atoms with E-state index in [9.17, 15) is 4.79 Å². The molecule has 0 amide bonds. The third-order valence-corrected chi connectivity index (χ3v) is 5.42. The standard InChI is InChI=1S/C23H17ClN6O2.CH4/c1-30-9-8-25-21(30)20-18-10-15(24)4-7-17(18)19-14(11-26-20)12-27-23(29-19)28-16-5-2-13(3-6-16)22(31)32;/h2-10,12H,11H2,1H3,(H,31,32)(H,27,28,29);1H4. The number of anilines is 2. The lowest BCUT2D eigenvalue weighted by Crippen LogP contribution is -2.11. The van der Waals surface area contributed by atoms with Gasteiger partial charge in [0, 0.05) is 53.0 Å². The van der Waals surface area contributed by atoms with E-state index < -0.39 is 5.97 Å². The largest absolute Gasteiger partial charge is 0.478 e. The number of rotatable bonds is 4. The molecule has 0 fully saturated rings. The fraction of sp³-hybridized carbons (Fsp3) is 0.125. The number of aromatic carboxylic acids is 1. The number of aryl methyl sites for hydroxylation is 1. The van der Waals surface area contributed by atoms with E-state index in [1.807, 2.05) is 36.0 Å². The molecule has 2 N–H and O–H groups in total. The number of hydrogen-bond donors (Lipinski definition) is 2. The van der Waals surface area contributed by atoms with Crippen LogP contribution in [0.4, 0.5) is 11.6 Å². The van der Waals surface area contributed by atoms with Crippen LogP contribution >= 0.6 is 11.6 Å². The van der Waals surface area contributed by atoms with Gasteiger partial charge in [-0.25, -0.2) is 19.7 Å². The molecule has 1 aliphatic rings. The first-order valence-corrected chi connectivity index (χ1v) is 10.2. The average molecular weight is 461 g/mol. The van der Waals surface area contributed by atoms with Crippen LogP contribution in [0.25, 0.3) is 11.3 Å². The van der Waals surface area contributed by atoms with Crippen molar-refractivity contribution >= 4 is 34.9 Å². The molecular formula is C24H21ClN6O2. The Bertz CT molecular complexity index is 1380. The van der Waals surface area contributed by atoms with Crippen LogP contribution in [0.1, 0.15) is 34.7 Å². The Labute approximate surface area is 195 Å². The van der Waals surface area contributed by atoms with Gasteiger partial charge in [-0.1, -0.05) is 25.1 Å². The Kier molecular flexibility index (Phi) is 5.93. The van der Waals surface area contributed by atoms with E-state index >= 15 is 0 Å². The summed E-state index contributed by atoms with van der Waals surface area (Å²) in [4.78, 5) is 29.5. The minimum absolute atomic E-state index is 0. The molecule has 2 aromatic heterocycles. The predicted octanol–water partition coefficient (Wildman–Crippen LogP) is 4.96. The number of nitrogens with one attached hydrogen (secondary N) is 1. The Balaban J connectivity index is 0.00000259. The highest BCUT2D eigenvalue weighted by Gasteiger charge is 2.23. The van der Waals surface area contributed by atoms with E-state index in [0.717, 1.165) is 33.9 Å². The Morgan fingerprint density at radius 3 is 2.61 bits per heavy atom. The lowest BCUT2D eigenvalue weighted by Gasteiger charge is -2.12. The molecule has 0 saturated heterocycles. The Hall–Kier alpha value is -4.04. The quantitative estimate of drug-likeness (QED) is 0.446. The van der Waals surface area contributed by atoms with Crippen molar-refractivity contribution in [3.8, 4) is 11.3 Å². The first-order valence-electron chi connectivity index (χ1n) is 9.78. The van der Waals surface area contributed by atoms with Crippen molar-refractivity contribution in [2.75, 3.05) is 5.32 Å². The van der Waals surface area contributed by atoms with Crippen LogP contribution < -0.4 is 5.32 Å². The second kappa shape index (κ2) is 8.84. The summed E-state index contributed by atoms with van der Waals surface area (Å²) >= 11 is 6.33. The maximum absolute atomic E-state index is 11.1. The van der Waals surface area contributed by atoms with Crippen LogP contribution in [-0.4, -0.2) is 36.3 Å². The zero-order valence-electron chi connectivity index (χ0n) is 17.0. The van der Waals surface area contributed by atoms with Crippen molar-refractivity contribution in [3.63, 3.8) is 0 Å². The van der Waals surface area contributed by atoms with Crippen molar-refractivity contribution < 1.29 is 9.90 Å². The first kappa shape index (κ1) is 22.2. The molecule has 0 radical (unpaired) electrons. The topological polar surface area (TPSA) is 105 Å². The number of aromatic nitrogens is 4. The second-order valence-electron chi connectivity index (χ2n) is 7.29. The first-order chi connectivity index (χ1) is 15.5. The molecule has 2 aromatic carbocycles. The van der Waals surface area contributed by atoms with E-state index in [1.54, 1.807) is 24.5 Å². The summed E-state index contributed by atoms with van der Waals surface area (Å²) in [6.07, 6.45) is 5.36. The zero-order chi connectivity index (χ0) is 22.2. The van der Waals surface area contributed by atoms with Crippen molar-refractivity contribution in [2.45, 2.75) is 14.0 Å². The predicted molar refractivity (Wildman–Crippen MR) is 128 cm³/mol. The summed E-state index contributed by atoms with van der Waals surface area (Å²) in [5, 5.41) is 12.8. The lowest BCUT2D eigenvalue weighted by atomic mass is 9.98. The van der Waals surface area contributed by atoms with E-state index in [0.29, 0.717) is 23.2 Å². The van der Waals surface area contributed by atoms with Gasteiger partial charge >= 0.3 is 5.97 Å². The number of carbonyl (C=O) groups is 1. The fourth-order valence-corrected chi connectivity index (χ4v) is 3.77. The number of aliphatic imine (C=N–C) groups is 1. The number of carboxylic acids is 1. The van der Waals surface area contributed by atoms with E-state index in [2.05, 4.69) is 15.3 Å². The number of carboxylic acid groups (broad SMARTS) is 1. The summed E-state index contributed by atoms with van der Waals surface area (Å²) in [5.41, 5.74) is 5.00. The van der Waals surface area contributed by atoms with Gasteiger partial charge in [-0.3, -0.25) is 4.99 Å². The van der Waals surface area contributed by atoms with E-state index in [-0.39, 0.29) is 13.0 Å². The van der Waals surface area contributed by atoms with Crippen LogP contribution in [0.5, 0.6) is 0 Å². The molecule has 9 heteroatoms. The fourth-order valence-electron chi connectivity index (χ4n) is 3.59. The van der Waals surface area contributed by atoms with Crippen molar-refractivity contribution in [2.24, 2.45) is 12.0 Å². The van der Waals surface area contributed by atoms with Gasteiger partial charge in [0.1, 0.15) is 5.71 Å². The van der Waals surface area contributed by atoms with Gasteiger partial charge in [-0.2, -0.15) is 0 Å². The maximum Gasteiger partial charge on any atom is 0.335 e. The van der Waals surface area contributed by atoms with Crippen LogP contribution in [0.2, 0.25) is 5.02 Å². The molecule has 5 rings (SSSR count). The monoisotopic (exact) mass is 460 g/mol. The second-order valence-corrected chi connectivity index (χ2v) is 7.73. The normalized spacial score (nSPS) is 12.0. The number of fused-ring (bicyclic) bond motifs is 3. The van der Waals surface area contributed by atoms with Gasteiger partial charge < -0.3 is 15.0 Å². The molecule has 3 heterocycles. The zero-order valence-corrected chi connectivity index (χ0v) is 17.7. The van der Waals surface area contributed by atoms with Gasteiger partial charge in [0.2, 0.25) is 5.95 Å². The summed E-state index contributed by atoms with van der Waals surface area (Å²) in [6.45, 7) is 0.400. The number of nitrogens with zero attached hydrogens (tertiary/aromatic N) is 5. The molecule has 33 heavy (non-hydrogen) atoms. The minimum Gasteiger partial charge on any atom is -0.478 e. The third-order valence-electron chi connectivity index (χ3n) is 5.18. The summed E-state index contributed by atoms with van der Waals surface area (Å²) in [6, 6.07) is 12.0. The summed E-state index contributed by atoms with van der Waals surface area (Å²) in [7, 11) is 1.92. The molecule has 0 spiro atoms. The number of hydrogen-bond acceptors (Lipinski definition) is 6. The number of halogens is 1. The van der Waals surface area contributed by atoms with E-state index in [4.69, 9.17) is 26.7 Å². The molecule has 0 bridgehead atoms. The molecule has 166 valence electrons. The molecule has 8 nitrogen and oxygen atoms in total. The number of imidazole rings is 1. The number of benzene rings is 2. The Morgan fingerprint density at radius 1 is 1.12 bits per heavy atom. The molecule has 0 saturated carbocycles. The molecule has 1 aliphatic heterocycles. The van der Waals surface area contributed by atoms with Gasteiger partial charge in [-0.15, -0.1) is 0 Å². The van der Waals surface area contributed by atoms with Crippen LogP contribution in [-0.2, 0) is 13.6 Å². The average Bonchev–Trinajstić information content (AvgIpc) is 3.14. The molecular weight excluding hydrogens is 440 g/mol. The van der Waals surface area contributed by atoms with Gasteiger partial charge in [0.05, 0.1) is 17.8 Å². The molecule has 0 atom stereocenters. The van der Waals surface area contributed by atoms with Crippen LogP contribution in [0.15, 0.2) is 66.0 Å². The third kappa shape index (κ3) is 4.20. The summed E-state index contributed by atoms with van der Waals surface area (Å²) in [5.74, 6) is 0.163. The lowest BCUT2D eigenvalue weighted by molar-refractivity contribution is 0.0697. The van der Waals surface area contributed by atoms with Gasteiger partial charge in [0.15, 0.2) is 5.82 Å². The highest BCUT2D eigenvalue weighted by atomic mass is 35.5. The molecule has 4 aromatic rings. The van der Waals surface area contributed by atoms with Crippen molar-refractivity contribution in [3.05, 3.63) is 88.6 Å². The summed E-state index contributed by atoms with van der Waals surface area (Å²) < 4.78 is 1.92. The van der Waals surface area contributed by atoms with Crippen molar-refractivity contribution in [1.29, 1.82) is 0 Å². The Morgan fingerprint density at radius 2 is 1.91 bits per heavy atom. The van der Waals surface area contributed by atoms with Crippen molar-refractivity contribution in [1.82, 2.24) is 19.5 Å². The highest BCUT2D eigenvalue weighted by molar-refractivity contribution is 6.31. The maximum atomic E-state index is 11.1. The molecule has 0 unspecified atom stereocenters. The van der Waals surface area contributed by atoms with Crippen LogP contribution in [0.3, 0.4) is 0 Å². The smallest absolute Gasteiger partial charge is 0.335 e. The SMILES string of the molecule is C.Cn1ccnc1C1=NCc2cnc(Nc3ccc(C(=O)O)cc3)nc2-c2ccc(Cl)cc21. The van der Waals surface area contributed by atoms with Gasteiger partial charge in [-0.05, 0) is 36.4 Å². The molecule has 0 aliphatic carbocycles. The minimum atomic E-state index is -0.975. The highest BCUT2D eigenvalue weighted by Crippen LogP contribution is 2.33. The van der Waals surface area contributed by atoms with E-state index in [1.165, 1.54) is 12.1 Å². The van der Waals surface area contributed by atoms with Gasteiger partial charge in [0.25, 0.3) is 0 Å².